The standard InChI is InChI=1S/C7H7N2S.C6H4NO4S2/c1-10-7-5-3-2-4-6(7)9-8;8-12(9)5-3-1-2-4-6(5)13(10,11)7-12/h2-5H,1H3;1-4H/q+1;-1. The van der Waals surface area contributed by atoms with Crippen molar-refractivity contribution in [1.82, 2.24) is 0 Å². The summed E-state index contributed by atoms with van der Waals surface area (Å²) in [6.07, 6.45) is 1.95. The summed E-state index contributed by atoms with van der Waals surface area (Å²) in [4.78, 5) is 3.63. The molecular weight excluding hydrogens is 358 g/mol. The van der Waals surface area contributed by atoms with Crippen molar-refractivity contribution in [2.45, 2.75) is 14.7 Å². The first kappa shape index (κ1) is 17.4. The summed E-state index contributed by atoms with van der Waals surface area (Å²) in [5, 5.41) is 8.46. The fraction of sp³-hybridized carbons (Fsp3) is 0.0769. The number of nitrogens with zero attached hydrogens (tertiary/aromatic N) is 3. The molecule has 7 nitrogen and oxygen atoms in total. The van der Waals surface area contributed by atoms with Crippen LogP contribution in [0.1, 0.15) is 0 Å². The minimum absolute atomic E-state index is 0.241. The molecule has 0 atom stereocenters. The third kappa shape index (κ3) is 3.70. The van der Waals surface area contributed by atoms with Crippen LogP contribution in [0, 0.1) is 5.39 Å². The third-order valence-electron chi connectivity index (χ3n) is 2.79. The Labute approximate surface area is 138 Å². The number of diazo groups is 1. The molecule has 0 saturated carbocycles. The highest BCUT2D eigenvalue weighted by atomic mass is 32.3. The Morgan fingerprint density at radius 1 is 0.913 bits per heavy atom. The van der Waals surface area contributed by atoms with Gasteiger partial charge in [-0.05, 0) is 24.5 Å². The van der Waals surface area contributed by atoms with Gasteiger partial charge in [-0.2, -0.15) is 0 Å². The Balaban J connectivity index is 0.000000174. The maximum absolute atomic E-state index is 11.1. The summed E-state index contributed by atoms with van der Waals surface area (Å²) < 4.78 is 47.3. The van der Waals surface area contributed by atoms with E-state index >= 15 is 0 Å². The molecule has 0 aliphatic carbocycles. The van der Waals surface area contributed by atoms with Gasteiger partial charge in [0.25, 0.3) is 0 Å². The van der Waals surface area contributed by atoms with Gasteiger partial charge in [0, 0.05) is 6.07 Å². The highest BCUT2D eigenvalue weighted by molar-refractivity contribution is 8.14. The Morgan fingerprint density at radius 2 is 1.39 bits per heavy atom. The lowest BCUT2D eigenvalue weighted by molar-refractivity contribution is 0.603. The minimum atomic E-state index is -3.98. The zero-order chi connectivity index (χ0) is 17.1. The molecule has 1 heterocycles. The van der Waals surface area contributed by atoms with Crippen LogP contribution in [0.5, 0.6) is 0 Å². The van der Waals surface area contributed by atoms with Gasteiger partial charge < -0.3 is 4.13 Å². The molecule has 3 rings (SSSR count). The average Bonchev–Trinajstić information content (AvgIpc) is 2.73. The van der Waals surface area contributed by atoms with Crippen LogP contribution in [0.15, 0.2) is 63.2 Å². The average molecular weight is 369 g/mol. The zero-order valence-electron chi connectivity index (χ0n) is 11.8. The quantitative estimate of drug-likeness (QED) is 0.563. The van der Waals surface area contributed by atoms with Crippen molar-refractivity contribution in [3.05, 3.63) is 57.6 Å². The lowest BCUT2D eigenvalue weighted by Gasteiger charge is -2.05. The second kappa shape index (κ2) is 6.67. The van der Waals surface area contributed by atoms with Crippen LogP contribution in [0.2, 0.25) is 0 Å². The van der Waals surface area contributed by atoms with Crippen molar-refractivity contribution in [2.75, 3.05) is 6.26 Å². The third-order valence-corrected chi connectivity index (χ3v) is 7.10. The van der Waals surface area contributed by atoms with Crippen molar-refractivity contribution in [3.63, 3.8) is 0 Å². The van der Waals surface area contributed by atoms with E-state index in [2.05, 4.69) is 9.10 Å². The molecule has 1 aliphatic heterocycles. The fourth-order valence-corrected chi connectivity index (χ4v) is 5.78. The summed E-state index contributed by atoms with van der Waals surface area (Å²) in [6.45, 7) is 0. The lowest BCUT2D eigenvalue weighted by Crippen LogP contribution is -1.92. The van der Waals surface area contributed by atoms with E-state index in [1.165, 1.54) is 24.3 Å². The second-order valence-electron chi connectivity index (χ2n) is 4.24. The van der Waals surface area contributed by atoms with E-state index < -0.39 is 20.0 Å². The summed E-state index contributed by atoms with van der Waals surface area (Å²) in [6, 6.07) is 12.8. The van der Waals surface area contributed by atoms with E-state index in [-0.39, 0.29) is 9.79 Å². The molecule has 120 valence electrons. The van der Waals surface area contributed by atoms with Gasteiger partial charge in [0.15, 0.2) is 4.98 Å². The van der Waals surface area contributed by atoms with Crippen molar-refractivity contribution < 1.29 is 16.8 Å². The van der Waals surface area contributed by atoms with Crippen LogP contribution in [-0.4, -0.2) is 23.1 Å². The molecule has 23 heavy (non-hydrogen) atoms. The van der Waals surface area contributed by atoms with E-state index in [1.807, 2.05) is 24.5 Å². The SMILES string of the molecule is CSc1ccccc1[N+]#N.O=S1(=O)[N-]S(=O)(=O)c2ccccc21. The summed E-state index contributed by atoms with van der Waals surface area (Å²) >= 11 is 1.57. The van der Waals surface area contributed by atoms with Crippen molar-refractivity contribution >= 4 is 37.5 Å². The molecule has 0 amide bonds. The first-order valence-corrected chi connectivity index (χ1v) is 10.2. The van der Waals surface area contributed by atoms with E-state index in [1.54, 1.807) is 17.8 Å². The van der Waals surface area contributed by atoms with E-state index in [0.29, 0.717) is 5.69 Å². The first-order chi connectivity index (χ1) is 10.8. The normalized spacial score (nSPS) is 16.5. The second-order valence-corrected chi connectivity index (χ2v) is 8.47. The van der Waals surface area contributed by atoms with Gasteiger partial charge in [-0.25, -0.2) is 16.8 Å². The first-order valence-electron chi connectivity index (χ1n) is 6.13. The topological polar surface area (TPSA) is 111 Å². The van der Waals surface area contributed by atoms with E-state index in [9.17, 15) is 16.8 Å². The predicted octanol–water partition coefficient (Wildman–Crippen LogP) is 3.34. The molecule has 0 radical (unpaired) electrons. The van der Waals surface area contributed by atoms with Gasteiger partial charge in [0.05, 0.1) is 9.79 Å². The Bertz CT molecular complexity index is 929. The molecule has 2 aromatic rings. The Morgan fingerprint density at radius 3 is 1.83 bits per heavy atom. The molecule has 0 spiro atoms. The number of hydrogen-bond donors (Lipinski definition) is 0. The fourth-order valence-electron chi connectivity index (χ4n) is 1.80. The Hall–Kier alpha value is -1.93. The molecule has 0 fully saturated rings. The molecule has 0 bridgehead atoms. The monoisotopic (exact) mass is 369 g/mol. The van der Waals surface area contributed by atoms with Crippen LogP contribution >= 0.6 is 11.8 Å². The molecule has 2 aromatic carbocycles. The molecular formula is C13H11N3O4S3. The summed E-state index contributed by atoms with van der Waals surface area (Å²) in [5.74, 6) is 0. The molecule has 0 saturated heterocycles. The zero-order valence-corrected chi connectivity index (χ0v) is 14.3. The molecule has 1 aliphatic rings. The van der Waals surface area contributed by atoms with Gasteiger partial charge in [-0.3, -0.25) is 0 Å². The largest absolute Gasteiger partial charge is 0.428 e. The number of hydrogen-bond acceptors (Lipinski definition) is 6. The predicted molar refractivity (Wildman–Crippen MR) is 87.1 cm³/mol. The van der Waals surface area contributed by atoms with Crippen molar-refractivity contribution in [3.8, 4) is 0 Å². The maximum Gasteiger partial charge on any atom is 0.398 e. The number of fused-ring (bicyclic) bond motifs is 1. The van der Waals surface area contributed by atoms with Crippen LogP contribution in [0.4, 0.5) is 5.69 Å². The highest BCUT2D eigenvalue weighted by Gasteiger charge is 2.26. The van der Waals surface area contributed by atoms with E-state index in [0.717, 1.165) is 4.90 Å². The molecule has 10 heteroatoms. The van der Waals surface area contributed by atoms with Crippen molar-refractivity contribution in [2.24, 2.45) is 0 Å². The van der Waals surface area contributed by atoms with Gasteiger partial charge in [0.2, 0.25) is 5.39 Å². The number of thioether (sulfide) groups is 1. The number of benzene rings is 2. The highest BCUT2D eigenvalue weighted by Crippen LogP contribution is 2.37. The van der Waals surface area contributed by atoms with Gasteiger partial charge in [-0.15, -0.1) is 11.8 Å². The smallest absolute Gasteiger partial charge is 0.398 e. The van der Waals surface area contributed by atoms with Crippen LogP contribution in [0.25, 0.3) is 9.10 Å². The molecule has 0 N–H and O–H groups in total. The van der Waals surface area contributed by atoms with Gasteiger partial charge in [0.1, 0.15) is 24.9 Å². The number of sulfonamides is 2. The summed E-state index contributed by atoms with van der Waals surface area (Å²) in [7, 11) is -7.95. The van der Waals surface area contributed by atoms with Gasteiger partial charge in [-0.1, -0.05) is 24.3 Å². The number of rotatable bonds is 1. The molecule has 0 unspecified atom stereocenters. The minimum Gasteiger partial charge on any atom is -0.428 e. The van der Waals surface area contributed by atoms with Crippen molar-refractivity contribution in [1.29, 1.82) is 5.39 Å². The Kier molecular flexibility index (Phi) is 5.06. The maximum atomic E-state index is 11.1. The van der Waals surface area contributed by atoms with Crippen LogP contribution in [-0.2, 0) is 20.0 Å². The van der Waals surface area contributed by atoms with Gasteiger partial charge >= 0.3 is 5.69 Å². The van der Waals surface area contributed by atoms with Crippen LogP contribution in [0.3, 0.4) is 0 Å². The molecule has 0 aromatic heterocycles. The summed E-state index contributed by atoms with van der Waals surface area (Å²) in [5.41, 5.74) is 0.634. The lowest BCUT2D eigenvalue weighted by atomic mass is 10.3. The van der Waals surface area contributed by atoms with Crippen LogP contribution < -0.4 is 0 Å². The van der Waals surface area contributed by atoms with E-state index in [4.69, 9.17) is 5.39 Å².